The van der Waals surface area contributed by atoms with Crippen molar-refractivity contribution in [3.63, 3.8) is 0 Å². The van der Waals surface area contributed by atoms with Crippen molar-refractivity contribution in [2.24, 2.45) is 10.7 Å². The summed E-state index contributed by atoms with van der Waals surface area (Å²) in [6.07, 6.45) is 1.66. The topological polar surface area (TPSA) is 105 Å². The largest absolute Gasteiger partial charge is 0.586 e. The number of ether oxygens (including phenoxy) is 2. The maximum atomic E-state index is 13.8. The highest BCUT2D eigenvalue weighted by Crippen LogP contribution is 2.41. The lowest BCUT2D eigenvalue weighted by Gasteiger charge is -2.09. The molecule has 0 saturated carbocycles. The first kappa shape index (κ1) is 21.2. The van der Waals surface area contributed by atoms with Gasteiger partial charge in [0.1, 0.15) is 5.82 Å². The molecule has 1 aliphatic rings. The molecule has 5 rings (SSSR count). The maximum Gasteiger partial charge on any atom is 0.586 e. The Labute approximate surface area is 189 Å². The first-order valence-electron chi connectivity index (χ1n) is 9.85. The number of benzene rings is 2. The Kier molecular flexibility index (Phi) is 5.01. The summed E-state index contributed by atoms with van der Waals surface area (Å²) in [4.78, 5) is 21.3. The van der Waals surface area contributed by atoms with Gasteiger partial charge in [0.2, 0.25) is 5.43 Å². The number of nitrogens with zero attached hydrogens (tertiary/aromatic N) is 4. The number of allylic oxidation sites excluding steroid dienone is 1. The number of aliphatic imine (C=N–C) groups is 1. The van der Waals surface area contributed by atoms with Crippen molar-refractivity contribution in [3.8, 4) is 17.2 Å². The molecule has 0 atom stereocenters. The van der Waals surface area contributed by atoms with Crippen LogP contribution >= 0.6 is 0 Å². The zero-order valence-electron chi connectivity index (χ0n) is 17.2. The summed E-state index contributed by atoms with van der Waals surface area (Å²) in [6.45, 7) is 0. The second-order valence-electron chi connectivity index (χ2n) is 7.12. The fraction of sp³-hybridized carbons (Fsp3) is 0.0435. The monoisotopic (exact) mass is 465 g/mol. The third-order valence-electron chi connectivity index (χ3n) is 4.88. The molecular weight excluding hydrogens is 451 g/mol. The molecule has 8 nitrogen and oxygen atoms in total. The second-order valence-corrected chi connectivity index (χ2v) is 7.12. The fourth-order valence-electron chi connectivity index (χ4n) is 3.40. The van der Waals surface area contributed by atoms with Gasteiger partial charge in [-0.2, -0.15) is 5.10 Å². The molecule has 0 unspecified atom stereocenters. The smallest absolute Gasteiger partial charge is 0.405 e. The third kappa shape index (κ3) is 3.94. The molecule has 4 aromatic rings. The minimum absolute atomic E-state index is 0.0754. The SMILES string of the molecule is NC=CC(=Nc1ccnc2ccc(F)cc12)c1nn(-c2ccc3c(c2)OC(F)(F)O3)ccc1=O. The number of aromatic nitrogens is 3. The van der Waals surface area contributed by atoms with E-state index < -0.39 is 17.5 Å². The average molecular weight is 465 g/mol. The van der Waals surface area contributed by atoms with E-state index in [-0.39, 0.29) is 22.9 Å². The molecule has 2 N–H and O–H groups in total. The third-order valence-corrected chi connectivity index (χ3v) is 4.88. The number of hydrogen-bond donors (Lipinski definition) is 1. The van der Waals surface area contributed by atoms with Gasteiger partial charge in [0, 0.05) is 29.9 Å². The minimum atomic E-state index is -3.76. The quantitative estimate of drug-likeness (QED) is 0.460. The van der Waals surface area contributed by atoms with Crippen LogP contribution in [0.3, 0.4) is 0 Å². The molecule has 34 heavy (non-hydrogen) atoms. The Morgan fingerprint density at radius 2 is 1.91 bits per heavy atom. The van der Waals surface area contributed by atoms with Crippen molar-refractivity contribution >= 4 is 22.3 Å². The lowest BCUT2D eigenvalue weighted by molar-refractivity contribution is -0.286. The standard InChI is InChI=1S/C23H14F3N5O3/c24-13-1-3-16-15(11-13)17(6-9-28-16)29-18(5-8-27)22-19(32)7-10-31(30-22)14-2-4-20-21(12-14)34-23(25,26)33-20/h1-12H,27H2. The molecule has 0 fully saturated rings. The molecule has 0 radical (unpaired) electrons. The second kappa shape index (κ2) is 8.03. The fourth-order valence-corrected chi connectivity index (χ4v) is 3.40. The van der Waals surface area contributed by atoms with E-state index in [1.54, 1.807) is 6.07 Å². The molecule has 3 heterocycles. The molecular formula is C23H14F3N5O3. The number of hydrogen-bond acceptors (Lipinski definition) is 7. The Bertz CT molecular complexity index is 1550. The van der Waals surface area contributed by atoms with E-state index in [0.29, 0.717) is 22.3 Å². The van der Waals surface area contributed by atoms with Gasteiger partial charge in [-0.25, -0.2) is 14.1 Å². The average Bonchev–Trinajstić information content (AvgIpc) is 3.12. The highest BCUT2D eigenvalue weighted by molar-refractivity contribution is 6.09. The molecule has 0 amide bonds. The van der Waals surface area contributed by atoms with Crippen LogP contribution in [0.15, 0.2) is 83.0 Å². The Morgan fingerprint density at radius 1 is 1.09 bits per heavy atom. The molecule has 2 aromatic heterocycles. The summed E-state index contributed by atoms with van der Waals surface area (Å²) in [6, 6.07) is 11.0. The van der Waals surface area contributed by atoms with Gasteiger partial charge in [-0.05, 0) is 48.7 Å². The molecule has 0 bridgehead atoms. The van der Waals surface area contributed by atoms with Gasteiger partial charge < -0.3 is 15.2 Å². The first-order valence-corrected chi connectivity index (χ1v) is 9.85. The summed E-state index contributed by atoms with van der Waals surface area (Å²) in [5.74, 6) is -0.771. The van der Waals surface area contributed by atoms with Crippen molar-refractivity contribution in [2.45, 2.75) is 6.29 Å². The Morgan fingerprint density at radius 3 is 2.74 bits per heavy atom. The van der Waals surface area contributed by atoms with Crippen LogP contribution in [0.1, 0.15) is 5.69 Å². The van der Waals surface area contributed by atoms with Crippen LogP contribution in [-0.4, -0.2) is 26.8 Å². The van der Waals surface area contributed by atoms with Crippen molar-refractivity contribution in [1.82, 2.24) is 14.8 Å². The summed E-state index contributed by atoms with van der Waals surface area (Å²) in [5, 5.41) is 4.74. The van der Waals surface area contributed by atoms with E-state index in [2.05, 4.69) is 24.5 Å². The lowest BCUT2D eigenvalue weighted by atomic mass is 10.1. The van der Waals surface area contributed by atoms with Gasteiger partial charge in [-0.3, -0.25) is 9.78 Å². The van der Waals surface area contributed by atoms with Crippen molar-refractivity contribution < 1.29 is 22.6 Å². The molecule has 1 aliphatic heterocycles. The van der Waals surface area contributed by atoms with Gasteiger partial charge in [0.05, 0.1) is 22.6 Å². The number of alkyl halides is 2. The van der Waals surface area contributed by atoms with Crippen LogP contribution in [0.4, 0.5) is 18.9 Å². The normalized spacial score (nSPS) is 14.7. The number of rotatable bonds is 4. The van der Waals surface area contributed by atoms with Gasteiger partial charge >= 0.3 is 6.29 Å². The molecule has 170 valence electrons. The van der Waals surface area contributed by atoms with E-state index >= 15 is 0 Å². The molecule has 0 spiro atoms. The molecule has 11 heteroatoms. The van der Waals surface area contributed by atoms with Crippen LogP contribution in [0.2, 0.25) is 0 Å². The van der Waals surface area contributed by atoms with E-state index in [0.717, 1.165) is 0 Å². The predicted molar refractivity (Wildman–Crippen MR) is 117 cm³/mol. The number of halogens is 3. The van der Waals surface area contributed by atoms with Gasteiger partial charge in [0.25, 0.3) is 0 Å². The van der Waals surface area contributed by atoms with Crippen LogP contribution in [0, 0.1) is 5.82 Å². The highest BCUT2D eigenvalue weighted by Gasteiger charge is 2.43. The van der Waals surface area contributed by atoms with Gasteiger partial charge in [-0.15, -0.1) is 8.78 Å². The zero-order chi connectivity index (χ0) is 23.9. The van der Waals surface area contributed by atoms with Gasteiger partial charge in [-0.1, -0.05) is 0 Å². The lowest BCUT2D eigenvalue weighted by Crippen LogP contribution is -2.25. The molecule has 2 aromatic carbocycles. The number of nitrogens with two attached hydrogens (primary N) is 1. The highest BCUT2D eigenvalue weighted by atomic mass is 19.3. The van der Waals surface area contributed by atoms with Crippen molar-refractivity contribution in [1.29, 1.82) is 0 Å². The van der Waals surface area contributed by atoms with Gasteiger partial charge in [0.15, 0.2) is 17.2 Å². The number of fused-ring (bicyclic) bond motifs is 2. The predicted octanol–water partition coefficient (Wildman–Crippen LogP) is 3.83. The molecule has 0 saturated heterocycles. The van der Waals surface area contributed by atoms with Crippen molar-refractivity contribution in [3.05, 3.63) is 94.9 Å². The van der Waals surface area contributed by atoms with E-state index in [1.807, 2.05) is 0 Å². The van der Waals surface area contributed by atoms with E-state index in [1.165, 1.54) is 71.8 Å². The van der Waals surface area contributed by atoms with E-state index in [9.17, 15) is 18.0 Å². The zero-order valence-corrected chi connectivity index (χ0v) is 17.2. The summed E-state index contributed by atoms with van der Waals surface area (Å²) < 4.78 is 50.7. The Hall–Kier alpha value is -4.67. The first-order chi connectivity index (χ1) is 16.3. The maximum absolute atomic E-state index is 13.8. The summed E-state index contributed by atoms with van der Waals surface area (Å²) >= 11 is 0. The summed E-state index contributed by atoms with van der Waals surface area (Å²) in [7, 11) is 0. The van der Waals surface area contributed by atoms with E-state index in [4.69, 9.17) is 5.73 Å². The Balaban J connectivity index is 1.61. The van der Waals surface area contributed by atoms with Crippen LogP contribution in [-0.2, 0) is 0 Å². The van der Waals surface area contributed by atoms with Crippen LogP contribution in [0.25, 0.3) is 16.6 Å². The molecule has 0 aliphatic carbocycles. The van der Waals surface area contributed by atoms with Crippen molar-refractivity contribution in [2.75, 3.05) is 0 Å². The number of pyridine rings is 1. The minimum Gasteiger partial charge on any atom is -0.405 e. The van der Waals surface area contributed by atoms with Crippen LogP contribution in [0.5, 0.6) is 11.5 Å². The van der Waals surface area contributed by atoms with Crippen LogP contribution < -0.4 is 20.6 Å². The summed E-state index contributed by atoms with van der Waals surface area (Å²) in [5.41, 5.74) is 6.31.